The van der Waals surface area contributed by atoms with Gasteiger partial charge in [-0.05, 0) is 24.3 Å². The van der Waals surface area contributed by atoms with E-state index in [1.54, 1.807) is 36.3 Å². The first-order valence-corrected chi connectivity index (χ1v) is 8.76. The Bertz CT molecular complexity index is 1030. The quantitative estimate of drug-likeness (QED) is 0.778. The Hall–Kier alpha value is -3.41. The van der Waals surface area contributed by atoms with E-state index in [1.807, 2.05) is 30.3 Å². The fourth-order valence-corrected chi connectivity index (χ4v) is 3.25. The van der Waals surface area contributed by atoms with E-state index in [0.717, 1.165) is 11.3 Å². The van der Waals surface area contributed by atoms with Gasteiger partial charge in [0, 0.05) is 24.1 Å². The predicted molar refractivity (Wildman–Crippen MR) is 102 cm³/mol. The third-order valence-corrected chi connectivity index (χ3v) is 4.74. The minimum atomic E-state index is -0.189. The number of methoxy groups -OCH3 is 1. The lowest BCUT2D eigenvalue weighted by Crippen LogP contribution is -2.39. The van der Waals surface area contributed by atoms with Crippen LogP contribution in [0.4, 0.5) is 0 Å². The molecule has 3 aromatic rings. The van der Waals surface area contributed by atoms with Crippen LogP contribution in [-0.4, -0.2) is 34.4 Å². The number of H-pyrrole nitrogens is 1. The number of nitrogens with zero attached hydrogens (tertiary/aromatic N) is 2. The second-order valence-corrected chi connectivity index (χ2v) is 6.41. The molecule has 0 bridgehead atoms. The van der Waals surface area contributed by atoms with Crippen molar-refractivity contribution >= 4 is 5.91 Å². The molecule has 1 N–H and O–H groups in total. The van der Waals surface area contributed by atoms with E-state index >= 15 is 0 Å². The maximum Gasteiger partial charge on any atom is 0.256 e. The largest absolute Gasteiger partial charge is 0.497 e. The van der Waals surface area contributed by atoms with Gasteiger partial charge in [0.1, 0.15) is 11.6 Å². The first-order valence-electron chi connectivity index (χ1n) is 8.76. The highest BCUT2D eigenvalue weighted by atomic mass is 16.5. The van der Waals surface area contributed by atoms with Gasteiger partial charge in [0.2, 0.25) is 0 Å². The number of fused-ring (bicyclic) bond motifs is 1. The van der Waals surface area contributed by atoms with Gasteiger partial charge in [-0.25, -0.2) is 4.98 Å². The van der Waals surface area contributed by atoms with Crippen LogP contribution in [0.2, 0.25) is 0 Å². The second-order valence-electron chi connectivity index (χ2n) is 6.41. The van der Waals surface area contributed by atoms with Gasteiger partial charge >= 0.3 is 0 Å². The van der Waals surface area contributed by atoms with Crippen molar-refractivity contribution < 1.29 is 9.53 Å². The third kappa shape index (κ3) is 3.33. The molecule has 1 aromatic heterocycles. The number of nitrogens with one attached hydrogen (secondary N) is 1. The Morgan fingerprint density at radius 2 is 1.85 bits per heavy atom. The Morgan fingerprint density at radius 3 is 2.56 bits per heavy atom. The zero-order chi connectivity index (χ0) is 18.8. The highest BCUT2D eigenvalue weighted by Gasteiger charge is 2.25. The van der Waals surface area contributed by atoms with Crippen molar-refractivity contribution in [1.82, 2.24) is 14.9 Å². The molecule has 0 saturated heterocycles. The number of rotatable bonds is 3. The molecule has 0 spiro atoms. The van der Waals surface area contributed by atoms with Gasteiger partial charge in [0.05, 0.1) is 24.9 Å². The van der Waals surface area contributed by atoms with Crippen molar-refractivity contribution in [2.75, 3.05) is 13.7 Å². The molecule has 2 heterocycles. The van der Waals surface area contributed by atoms with Crippen LogP contribution in [0.15, 0.2) is 59.4 Å². The summed E-state index contributed by atoms with van der Waals surface area (Å²) in [6.45, 7) is 0.792. The molecule has 0 radical (unpaired) electrons. The standard InChI is InChI=1S/C21H19N3O3/c1-27-16-9-7-15(8-10-16)21(26)24-12-11-18-17(13-24)20(25)23-19(22-18)14-5-3-2-4-6-14/h2-10H,11-13H2,1H3,(H,22,23,25). The van der Waals surface area contributed by atoms with Gasteiger partial charge in [-0.3, -0.25) is 9.59 Å². The summed E-state index contributed by atoms with van der Waals surface area (Å²) >= 11 is 0. The zero-order valence-corrected chi connectivity index (χ0v) is 14.9. The Labute approximate surface area is 156 Å². The highest BCUT2D eigenvalue weighted by Crippen LogP contribution is 2.20. The lowest BCUT2D eigenvalue weighted by atomic mass is 10.0. The molecule has 27 heavy (non-hydrogen) atoms. The van der Waals surface area contributed by atoms with E-state index in [2.05, 4.69) is 9.97 Å². The minimum absolute atomic E-state index is 0.102. The van der Waals surface area contributed by atoms with Gasteiger partial charge in [-0.1, -0.05) is 30.3 Å². The number of carbonyl (C=O) groups is 1. The summed E-state index contributed by atoms with van der Waals surface area (Å²) in [5, 5.41) is 0. The number of carbonyl (C=O) groups excluding carboxylic acids is 1. The fraction of sp³-hybridized carbons (Fsp3) is 0.190. The summed E-state index contributed by atoms with van der Waals surface area (Å²) in [6, 6.07) is 16.5. The maximum atomic E-state index is 12.8. The summed E-state index contributed by atoms with van der Waals surface area (Å²) < 4.78 is 5.13. The minimum Gasteiger partial charge on any atom is -0.497 e. The van der Waals surface area contributed by atoms with E-state index in [0.29, 0.717) is 35.7 Å². The summed E-state index contributed by atoms with van der Waals surface area (Å²) in [4.78, 5) is 34.5. The van der Waals surface area contributed by atoms with Crippen molar-refractivity contribution in [3.63, 3.8) is 0 Å². The SMILES string of the molecule is COc1ccc(C(=O)N2CCc3nc(-c4ccccc4)[nH]c(=O)c3C2)cc1. The molecule has 4 rings (SSSR count). The lowest BCUT2D eigenvalue weighted by molar-refractivity contribution is 0.0732. The lowest BCUT2D eigenvalue weighted by Gasteiger charge is -2.28. The van der Waals surface area contributed by atoms with Crippen LogP contribution in [0.5, 0.6) is 5.75 Å². The number of amides is 1. The van der Waals surface area contributed by atoms with Crippen molar-refractivity contribution in [3.05, 3.63) is 81.8 Å². The molecule has 0 aliphatic carbocycles. The highest BCUT2D eigenvalue weighted by molar-refractivity contribution is 5.94. The van der Waals surface area contributed by atoms with Crippen LogP contribution in [-0.2, 0) is 13.0 Å². The van der Waals surface area contributed by atoms with Gasteiger partial charge in [-0.2, -0.15) is 0 Å². The van der Waals surface area contributed by atoms with E-state index in [-0.39, 0.29) is 18.0 Å². The first-order chi connectivity index (χ1) is 13.2. The number of hydrogen-bond acceptors (Lipinski definition) is 4. The summed E-state index contributed by atoms with van der Waals surface area (Å²) in [7, 11) is 1.58. The second kappa shape index (κ2) is 7.07. The molecule has 136 valence electrons. The normalized spacial score (nSPS) is 13.1. The van der Waals surface area contributed by atoms with Gasteiger partial charge < -0.3 is 14.6 Å². The monoisotopic (exact) mass is 361 g/mol. The summed E-state index contributed by atoms with van der Waals surface area (Å²) in [5.74, 6) is 1.16. The Balaban J connectivity index is 1.59. The molecule has 0 unspecified atom stereocenters. The number of aromatic amines is 1. The Kier molecular flexibility index (Phi) is 4.46. The van der Waals surface area contributed by atoms with Crippen molar-refractivity contribution in [1.29, 1.82) is 0 Å². The van der Waals surface area contributed by atoms with Crippen molar-refractivity contribution in [2.45, 2.75) is 13.0 Å². The average molecular weight is 361 g/mol. The van der Waals surface area contributed by atoms with E-state index in [4.69, 9.17) is 4.74 Å². The molecule has 0 fully saturated rings. The van der Waals surface area contributed by atoms with E-state index < -0.39 is 0 Å². The molecular weight excluding hydrogens is 342 g/mol. The fourth-order valence-electron chi connectivity index (χ4n) is 3.25. The number of ether oxygens (including phenoxy) is 1. The number of aromatic nitrogens is 2. The third-order valence-electron chi connectivity index (χ3n) is 4.74. The molecule has 6 nitrogen and oxygen atoms in total. The molecule has 0 saturated carbocycles. The van der Waals surface area contributed by atoms with Gasteiger partial charge in [-0.15, -0.1) is 0 Å². The predicted octanol–water partition coefficient (Wildman–Crippen LogP) is 2.64. The van der Waals surface area contributed by atoms with E-state index in [9.17, 15) is 9.59 Å². The van der Waals surface area contributed by atoms with Crippen molar-refractivity contribution in [2.24, 2.45) is 0 Å². The smallest absolute Gasteiger partial charge is 0.256 e. The molecule has 2 aromatic carbocycles. The van der Waals surface area contributed by atoms with Crippen molar-refractivity contribution in [3.8, 4) is 17.1 Å². The molecule has 1 aliphatic rings. The summed E-state index contributed by atoms with van der Waals surface area (Å²) in [6.07, 6.45) is 0.557. The molecule has 1 amide bonds. The molecule has 1 aliphatic heterocycles. The zero-order valence-electron chi connectivity index (χ0n) is 14.9. The topological polar surface area (TPSA) is 75.3 Å². The Morgan fingerprint density at radius 1 is 1.11 bits per heavy atom. The average Bonchev–Trinajstić information content (AvgIpc) is 2.73. The number of hydrogen-bond donors (Lipinski definition) is 1. The summed E-state index contributed by atoms with van der Waals surface area (Å²) in [5.41, 5.74) is 2.57. The molecule has 6 heteroatoms. The van der Waals surface area contributed by atoms with Crippen LogP contribution in [0.1, 0.15) is 21.6 Å². The van der Waals surface area contributed by atoms with Crippen LogP contribution in [0, 0.1) is 0 Å². The van der Waals surface area contributed by atoms with Crippen LogP contribution in [0.3, 0.4) is 0 Å². The molecule has 0 atom stereocenters. The first kappa shape index (κ1) is 17.0. The number of benzene rings is 2. The van der Waals surface area contributed by atoms with Crippen LogP contribution >= 0.6 is 0 Å². The van der Waals surface area contributed by atoms with Crippen LogP contribution in [0.25, 0.3) is 11.4 Å². The van der Waals surface area contributed by atoms with Gasteiger partial charge in [0.15, 0.2) is 0 Å². The van der Waals surface area contributed by atoms with E-state index in [1.165, 1.54) is 0 Å². The maximum absolute atomic E-state index is 12.8. The van der Waals surface area contributed by atoms with Crippen LogP contribution < -0.4 is 10.3 Å². The molecular formula is C21H19N3O3. The van der Waals surface area contributed by atoms with Gasteiger partial charge in [0.25, 0.3) is 11.5 Å².